The lowest BCUT2D eigenvalue weighted by Crippen LogP contribution is -2.26. The molecule has 0 amide bonds. The predicted molar refractivity (Wildman–Crippen MR) is 75.5 cm³/mol. The first kappa shape index (κ1) is 17.3. The molecule has 1 aliphatic carbocycles. The van der Waals surface area contributed by atoms with E-state index < -0.39 is 21.4 Å². The average Bonchev–Trinajstić information content (AvgIpc) is 2.41. The molecule has 0 unspecified atom stereocenters. The van der Waals surface area contributed by atoms with Gasteiger partial charge in [-0.05, 0) is 43.0 Å². The zero-order valence-electron chi connectivity index (χ0n) is 11.1. The van der Waals surface area contributed by atoms with E-state index in [1.807, 2.05) is 0 Å². The number of hydrogen-bond donors (Lipinski definition) is 0. The standard InChI is InChI=1S/C13H11BrF4O3S/c14-11-6-5-8(15)7-10(11)9-3-1-2-4-12(9)21-22(19,20)13(16,17)18/h5-7H,1-4H2. The first-order valence-electron chi connectivity index (χ1n) is 6.30. The van der Waals surface area contributed by atoms with Crippen molar-refractivity contribution in [2.75, 3.05) is 0 Å². The molecule has 0 N–H and O–H groups in total. The lowest BCUT2D eigenvalue weighted by Gasteiger charge is -2.22. The molecule has 1 aromatic rings. The molecule has 0 heterocycles. The summed E-state index contributed by atoms with van der Waals surface area (Å²) >= 11 is 3.18. The summed E-state index contributed by atoms with van der Waals surface area (Å²) in [5.41, 5.74) is -4.93. The van der Waals surface area contributed by atoms with Gasteiger partial charge >= 0.3 is 15.6 Å². The largest absolute Gasteiger partial charge is 0.534 e. The van der Waals surface area contributed by atoms with Crippen LogP contribution in [0.25, 0.3) is 5.57 Å². The van der Waals surface area contributed by atoms with E-state index in [0.29, 0.717) is 29.3 Å². The van der Waals surface area contributed by atoms with Crippen molar-refractivity contribution in [3.8, 4) is 0 Å². The average molecular weight is 403 g/mol. The molecule has 122 valence electrons. The zero-order valence-corrected chi connectivity index (χ0v) is 13.5. The molecule has 0 atom stereocenters. The summed E-state index contributed by atoms with van der Waals surface area (Å²) in [7, 11) is -5.73. The van der Waals surface area contributed by atoms with Crippen LogP contribution in [0.15, 0.2) is 28.4 Å². The molecule has 0 aromatic heterocycles. The summed E-state index contributed by atoms with van der Waals surface area (Å²) in [6.07, 6.45) is 1.51. The number of rotatable bonds is 3. The molecule has 2 rings (SSSR count). The number of allylic oxidation sites excluding steroid dienone is 2. The molecule has 0 saturated heterocycles. The molecule has 3 nitrogen and oxygen atoms in total. The second-order valence-electron chi connectivity index (χ2n) is 4.72. The van der Waals surface area contributed by atoms with E-state index in [9.17, 15) is 26.0 Å². The van der Waals surface area contributed by atoms with Crippen LogP contribution in [-0.2, 0) is 14.3 Å². The van der Waals surface area contributed by atoms with Crippen molar-refractivity contribution in [3.63, 3.8) is 0 Å². The Morgan fingerprint density at radius 2 is 1.77 bits per heavy atom. The van der Waals surface area contributed by atoms with Crippen LogP contribution in [0, 0.1) is 5.82 Å². The Balaban J connectivity index is 2.50. The SMILES string of the molecule is O=S(=O)(OC1=C(c2cc(F)ccc2Br)CCCC1)C(F)(F)F. The van der Waals surface area contributed by atoms with Gasteiger partial charge < -0.3 is 4.18 Å². The molecular formula is C13H11BrF4O3S. The van der Waals surface area contributed by atoms with E-state index in [0.717, 1.165) is 6.07 Å². The number of benzene rings is 1. The lowest BCUT2D eigenvalue weighted by molar-refractivity contribution is -0.0523. The lowest BCUT2D eigenvalue weighted by atomic mass is 9.92. The molecule has 0 saturated carbocycles. The number of halogens is 5. The smallest absolute Gasteiger partial charge is 0.380 e. The fourth-order valence-electron chi connectivity index (χ4n) is 2.16. The van der Waals surface area contributed by atoms with E-state index in [2.05, 4.69) is 20.1 Å². The van der Waals surface area contributed by atoms with Crippen molar-refractivity contribution in [2.24, 2.45) is 0 Å². The maximum Gasteiger partial charge on any atom is 0.534 e. The van der Waals surface area contributed by atoms with Gasteiger partial charge in [-0.25, -0.2) is 4.39 Å². The summed E-state index contributed by atoms with van der Waals surface area (Å²) in [5, 5.41) is 0. The molecule has 0 spiro atoms. The minimum Gasteiger partial charge on any atom is -0.380 e. The third-order valence-corrected chi connectivity index (χ3v) is 4.84. The molecule has 22 heavy (non-hydrogen) atoms. The molecule has 0 fully saturated rings. The Morgan fingerprint density at radius 1 is 1.14 bits per heavy atom. The Morgan fingerprint density at radius 3 is 2.41 bits per heavy atom. The third-order valence-electron chi connectivity index (χ3n) is 3.16. The Labute approximate surface area is 133 Å². The van der Waals surface area contributed by atoms with Gasteiger partial charge in [-0.3, -0.25) is 0 Å². The maximum absolute atomic E-state index is 13.4. The van der Waals surface area contributed by atoms with Crippen LogP contribution >= 0.6 is 15.9 Å². The first-order chi connectivity index (χ1) is 10.1. The van der Waals surface area contributed by atoms with Crippen LogP contribution < -0.4 is 0 Å². The first-order valence-corrected chi connectivity index (χ1v) is 8.50. The van der Waals surface area contributed by atoms with Crippen molar-refractivity contribution in [1.29, 1.82) is 0 Å². The summed E-state index contributed by atoms with van der Waals surface area (Å²) in [6, 6.07) is 3.72. The normalized spacial score (nSPS) is 16.8. The van der Waals surface area contributed by atoms with Gasteiger partial charge in [0, 0.05) is 16.5 Å². The highest BCUT2D eigenvalue weighted by Crippen LogP contribution is 2.39. The summed E-state index contributed by atoms with van der Waals surface area (Å²) in [6.45, 7) is 0. The van der Waals surface area contributed by atoms with Gasteiger partial charge in [0.15, 0.2) is 0 Å². The van der Waals surface area contributed by atoms with Crippen molar-refractivity contribution in [1.82, 2.24) is 0 Å². The minimum absolute atomic E-state index is 0.0492. The van der Waals surface area contributed by atoms with Crippen LogP contribution in [0.5, 0.6) is 0 Å². The van der Waals surface area contributed by atoms with E-state index in [-0.39, 0.29) is 17.8 Å². The fraction of sp³-hybridized carbons (Fsp3) is 0.385. The van der Waals surface area contributed by atoms with Crippen molar-refractivity contribution in [3.05, 3.63) is 39.8 Å². The van der Waals surface area contributed by atoms with Gasteiger partial charge in [0.2, 0.25) is 0 Å². The fourth-order valence-corrected chi connectivity index (χ4v) is 3.19. The van der Waals surface area contributed by atoms with Crippen LogP contribution in [0.3, 0.4) is 0 Å². The van der Waals surface area contributed by atoms with Crippen molar-refractivity contribution in [2.45, 2.75) is 31.2 Å². The van der Waals surface area contributed by atoms with Crippen LogP contribution in [0.4, 0.5) is 17.6 Å². The molecule has 0 bridgehead atoms. The highest BCUT2D eigenvalue weighted by Gasteiger charge is 2.49. The van der Waals surface area contributed by atoms with E-state index in [1.165, 1.54) is 12.1 Å². The molecule has 0 radical (unpaired) electrons. The highest BCUT2D eigenvalue weighted by molar-refractivity contribution is 9.10. The molecule has 1 aliphatic rings. The quantitative estimate of drug-likeness (QED) is 0.416. The van der Waals surface area contributed by atoms with Gasteiger partial charge in [0.25, 0.3) is 0 Å². The second-order valence-corrected chi connectivity index (χ2v) is 7.11. The van der Waals surface area contributed by atoms with Gasteiger partial charge in [-0.1, -0.05) is 15.9 Å². The van der Waals surface area contributed by atoms with E-state index >= 15 is 0 Å². The van der Waals surface area contributed by atoms with Gasteiger partial charge in [0.1, 0.15) is 11.6 Å². The topological polar surface area (TPSA) is 43.4 Å². The Bertz CT molecular complexity index is 710. The monoisotopic (exact) mass is 402 g/mol. The van der Waals surface area contributed by atoms with Crippen LogP contribution in [0.2, 0.25) is 0 Å². The van der Waals surface area contributed by atoms with Gasteiger partial charge in [-0.15, -0.1) is 0 Å². The van der Waals surface area contributed by atoms with Crippen molar-refractivity contribution >= 4 is 31.6 Å². The van der Waals surface area contributed by atoms with Gasteiger partial charge in [-0.2, -0.15) is 21.6 Å². The predicted octanol–water partition coefficient (Wildman–Crippen LogP) is 4.74. The molecule has 1 aromatic carbocycles. The summed E-state index contributed by atoms with van der Waals surface area (Å²) in [4.78, 5) is 0. The molecule has 9 heteroatoms. The summed E-state index contributed by atoms with van der Waals surface area (Å²) in [5.74, 6) is -0.857. The van der Waals surface area contributed by atoms with E-state index in [4.69, 9.17) is 0 Å². The van der Waals surface area contributed by atoms with Crippen LogP contribution in [0.1, 0.15) is 31.2 Å². The Hall–Kier alpha value is -1.09. The summed E-state index contributed by atoms with van der Waals surface area (Å²) < 4.78 is 77.9. The third kappa shape index (κ3) is 3.62. The zero-order chi connectivity index (χ0) is 16.5. The second kappa shape index (κ2) is 6.19. The van der Waals surface area contributed by atoms with E-state index in [1.54, 1.807) is 0 Å². The minimum atomic E-state index is -5.73. The number of alkyl halides is 3. The number of hydrogen-bond acceptors (Lipinski definition) is 3. The Kier molecular flexibility index (Phi) is 4.86. The van der Waals surface area contributed by atoms with Gasteiger partial charge in [0.05, 0.1) is 0 Å². The van der Waals surface area contributed by atoms with Crippen molar-refractivity contribution < 1.29 is 30.2 Å². The van der Waals surface area contributed by atoms with Crippen LogP contribution in [-0.4, -0.2) is 13.9 Å². The highest BCUT2D eigenvalue weighted by atomic mass is 79.9. The molecule has 0 aliphatic heterocycles. The molecular weight excluding hydrogens is 392 g/mol. The maximum atomic E-state index is 13.4.